The van der Waals surface area contributed by atoms with E-state index in [1.165, 1.54) is 0 Å². The number of hydrogen-bond acceptors (Lipinski definition) is 3. The van der Waals surface area contributed by atoms with Crippen LogP contribution in [0.3, 0.4) is 0 Å². The molecule has 7 heteroatoms. The van der Waals surface area contributed by atoms with Gasteiger partial charge in [0.2, 0.25) is 10.0 Å². The molecule has 3 rings (SSSR count). The fraction of sp³-hybridized carbons (Fsp3) is 0.500. The number of benzene rings is 1. The van der Waals surface area contributed by atoms with Crippen molar-refractivity contribution in [2.45, 2.75) is 36.6 Å². The van der Waals surface area contributed by atoms with E-state index in [2.05, 4.69) is 5.32 Å². The van der Waals surface area contributed by atoms with Gasteiger partial charge in [-0.2, -0.15) is 0 Å². The summed E-state index contributed by atoms with van der Waals surface area (Å²) in [4.78, 5) is 12.0. The molecule has 0 aliphatic heterocycles. The quantitative estimate of drug-likeness (QED) is 0.861. The molecule has 21 heavy (non-hydrogen) atoms. The first-order valence-corrected chi connectivity index (χ1v) is 8.54. The van der Waals surface area contributed by atoms with Crippen LogP contribution >= 0.6 is 0 Å². The van der Waals surface area contributed by atoms with Crippen LogP contribution in [0.15, 0.2) is 23.1 Å². The van der Waals surface area contributed by atoms with E-state index in [1.807, 2.05) is 0 Å². The highest BCUT2D eigenvalue weighted by molar-refractivity contribution is 7.89. The van der Waals surface area contributed by atoms with Crippen molar-refractivity contribution < 1.29 is 17.6 Å². The van der Waals surface area contributed by atoms with E-state index in [1.54, 1.807) is 0 Å². The molecule has 114 valence electrons. The van der Waals surface area contributed by atoms with Gasteiger partial charge in [0.1, 0.15) is 5.82 Å². The van der Waals surface area contributed by atoms with E-state index in [4.69, 9.17) is 5.14 Å². The van der Waals surface area contributed by atoms with Crippen LogP contribution in [0.5, 0.6) is 0 Å². The van der Waals surface area contributed by atoms with Crippen molar-refractivity contribution in [3.63, 3.8) is 0 Å². The molecular weight excluding hydrogens is 295 g/mol. The molecule has 0 spiro atoms. The lowest BCUT2D eigenvalue weighted by Gasteiger charge is -2.18. The summed E-state index contributed by atoms with van der Waals surface area (Å²) >= 11 is 0. The van der Waals surface area contributed by atoms with Crippen LogP contribution < -0.4 is 10.5 Å². The van der Waals surface area contributed by atoms with Gasteiger partial charge in [-0.3, -0.25) is 4.79 Å². The molecule has 1 amide bonds. The Balaban J connectivity index is 1.88. The second-order valence-corrected chi connectivity index (χ2v) is 7.39. The summed E-state index contributed by atoms with van der Waals surface area (Å²) in [7, 11) is -4.07. The van der Waals surface area contributed by atoms with Crippen LogP contribution in [0.4, 0.5) is 4.39 Å². The SMILES string of the molecule is NS(=O)(=O)c1ccc(F)cc1C(=O)NC(C1CC1)C1CC1. The highest BCUT2D eigenvalue weighted by Gasteiger charge is 2.42. The first-order chi connectivity index (χ1) is 9.86. The monoisotopic (exact) mass is 312 g/mol. The maximum Gasteiger partial charge on any atom is 0.253 e. The van der Waals surface area contributed by atoms with Gasteiger partial charge in [-0.25, -0.2) is 17.9 Å². The molecule has 0 bridgehead atoms. The molecular formula is C14H17FN2O3S. The van der Waals surface area contributed by atoms with E-state index >= 15 is 0 Å². The summed E-state index contributed by atoms with van der Waals surface area (Å²) < 4.78 is 36.4. The van der Waals surface area contributed by atoms with Crippen molar-refractivity contribution in [3.8, 4) is 0 Å². The van der Waals surface area contributed by atoms with Crippen LogP contribution in [0.2, 0.25) is 0 Å². The number of nitrogens with two attached hydrogens (primary N) is 1. The van der Waals surface area contributed by atoms with E-state index in [0.717, 1.165) is 43.9 Å². The molecule has 2 fully saturated rings. The third kappa shape index (κ3) is 3.24. The largest absolute Gasteiger partial charge is 0.349 e. The average Bonchev–Trinajstić information content (AvgIpc) is 3.26. The number of rotatable bonds is 5. The fourth-order valence-electron chi connectivity index (χ4n) is 2.69. The predicted octanol–water partition coefficient (Wildman–Crippen LogP) is 1.39. The third-order valence-corrected chi connectivity index (χ3v) is 5.02. The van der Waals surface area contributed by atoms with Crippen molar-refractivity contribution in [1.82, 2.24) is 5.32 Å². The summed E-state index contributed by atoms with van der Waals surface area (Å²) in [5.41, 5.74) is -0.219. The standard InChI is InChI=1S/C14H17FN2O3S/c15-10-5-6-12(21(16,19)20)11(7-10)14(18)17-13(8-1-2-8)9-3-4-9/h5-9,13H,1-4H2,(H,17,18)(H2,16,19,20). The van der Waals surface area contributed by atoms with E-state index in [9.17, 15) is 17.6 Å². The van der Waals surface area contributed by atoms with Crippen molar-refractivity contribution in [3.05, 3.63) is 29.6 Å². The lowest BCUT2D eigenvalue weighted by atomic mass is 10.1. The van der Waals surface area contributed by atoms with Gasteiger partial charge in [0.05, 0.1) is 10.5 Å². The molecule has 0 radical (unpaired) electrons. The number of sulfonamides is 1. The van der Waals surface area contributed by atoms with Crippen LogP contribution in [0.25, 0.3) is 0 Å². The van der Waals surface area contributed by atoms with Crippen molar-refractivity contribution in [1.29, 1.82) is 0 Å². The first kappa shape index (κ1) is 14.5. The molecule has 5 nitrogen and oxygen atoms in total. The number of amides is 1. The fourth-order valence-corrected chi connectivity index (χ4v) is 3.40. The maximum absolute atomic E-state index is 13.4. The number of carbonyl (C=O) groups is 1. The van der Waals surface area contributed by atoms with Gasteiger partial charge in [-0.15, -0.1) is 0 Å². The van der Waals surface area contributed by atoms with E-state index in [-0.39, 0.29) is 16.5 Å². The van der Waals surface area contributed by atoms with Gasteiger partial charge in [-0.1, -0.05) is 0 Å². The number of primary sulfonamides is 1. The minimum absolute atomic E-state index is 0.0640. The second-order valence-electron chi connectivity index (χ2n) is 5.86. The van der Waals surface area contributed by atoms with Crippen molar-refractivity contribution in [2.24, 2.45) is 17.0 Å². The summed E-state index contributed by atoms with van der Waals surface area (Å²) in [6.45, 7) is 0. The van der Waals surface area contributed by atoms with Gasteiger partial charge >= 0.3 is 0 Å². The topological polar surface area (TPSA) is 89.3 Å². The molecule has 1 aromatic rings. The minimum atomic E-state index is -4.07. The Bertz CT molecular complexity index is 669. The van der Waals surface area contributed by atoms with Crippen LogP contribution in [-0.4, -0.2) is 20.4 Å². The summed E-state index contributed by atoms with van der Waals surface area (Å²) in [5, 5.41) is 7.96. The molecule has 2 aliphatic carbocycles. The number of carbonyl (C=O) groups excluding carboxylic acids is 1. The normalized spacial score (nSPS) is 18.8. The molecule has 2 saturated carbocycles. The Morgan fingerprint density at radius 2 is 1.81 bits per heavy atom. The van der Waals surface area contributed by atoms with Crippen LogP contribution in [0.1, 0.15) is 36.0 Å². The third-order valence-electron chi connectivity index (χ3n) is 4.05. The molecule has 0 saturated heterocycles. The number of halogens is 1. The molecule has 0 atom stereocenters. The van der Waals surface area contributed by atoms with Crippen LogP contribution in [0, 0.1) is 17.7 Å². The van der Waals surface area contributed by atoms with Crippen molar-refractivity contribution >= 4 is 15.9 Å². The highest BCUT2D eigenvalue weighted by Crippen LogP contribution is 2.44. The van der Waals surface area contributed by atoms with Gasteiger partial charge in [0.15, 0.2) is 0 Å². The predicted molar refractivity (Wildman–Crippen MR) is 74.5 cm³/mol. The molecule has 3 N–H and O–H groups in total. The van der Waals surface area contributed by atoms with Crippen LogP contribution in [-0.2, 0) is 10.0 Å². The number of hydrogen-bond donors (Lipinski definition) is 2. The molecule has 2 aliphatic rings. The number of nitrogens with one attached hydrogen (secondary N) is 1. The Morgan fingerprint density at radius 1 is 1.24 bits per heavy atom. The lowest BCUT2D eigenvalue weighted by Crippen LogP contribution is -2.39. The average molecular weight is 312 g/mol. The molecule has 0 unspecified atom stereocenters. The van der Waals surface area contributed by atoms with Gasteiger partial charge in [0, 0.05) is 6.04 Å². The van der Waals surface area contributed by atoms with Gasteiger partial charge < -0.3 is 5.32 Å². The molecule has 0 aromatic heterocycles. The van der Waals surface area contributed by atoms with E-state index in [0.29, 0.717) is 11.8 Å². The van der Waals surface area contributed by atoms with E-state index < -0.39 is 21.7 Å². The lowest BCUT2D eigenvalue weighted by molar-refractivity contribution is 0.0922. The molecule has 1 aromatic carbocycles. The zero-order valence-electron chi connectivity index (χ0n) is 11.4. The van der Waals surface area contributed by atoms with Crippen molar-refractivity contribution in [2.75, 3.05) is 0 Å². The zero-order valence-corrected chi connectivity index (χ0v) is 12.2. The molecule has 0 heterocycles. The Morgan fingerprint density at radius 3 is 2.29 bits per heavy atom. The summed E-state index contributed by atoms with van der Waals surface area (Å²) in [5.74, 6) is -0.301. The Labute approximate surface area is 122 Å². The first-order valence-electron chi connectivity index (χ1n) is 6.99. The summed E-state index contributed by atoms with van der Waals surface area (Å²) in [6.07, 6.45) is 4.30. The van der Waals surface area contributed by atoms with Gasteiger partial charge in [-0.05, 0) is 55.7 Å². The second kappa shape index (κ2) is 5.06. The summed E-state index contributed by atoms with van der Waals surface area (Å²) in [6, 6.07) is 3.00. The minimum Gasteiger partial charge on any atom is -0.349 e. The zero-order chi connectivity index (χ0) is 15.2. The highest BCUT2D eigenvalue weighted by atomic mass is 32.2. The maximum atomic E-state index is 13.4. The smallest absolute Gasteiger partial charge is 0.253 e. The Kier molecular flexibility index (Phi) is 3.49. The Hall–Kier alpha value is -1.47. The van der Waals surface area contributed by atoms with Gasteiger partial charge in [0.25, 0.3) is 5.91 Å².